The number of hydrogen-bond acceptors (Lipinski definition) is 3. The van der Waals surface area contributed by atoms with Gasteiger partial charge in [0.15, 0.2) is 5.82 Å². The highest BCUT2D eigenvalue weighted by atomic mass is 15.3. The third-order valence-electron chi connectivity index (χ3n) is 2.52. The zero-order valence-electron chi connectivity index (χ0n) is 9.64. The van der Waals surface area contributed by atoms with Gasteiger partial charge in [0.05, 0.1) is 5.69 Å². The molecule has 0 unspecified atom stereocenters. The molecule has 0 saturated heterocycles. The smallest absolute Gasteiger partial charge is 0.152 e. The molecule has 2 rings (SSSR count). The van der Waals surface area contributed by atoms with E-state index >= 15 is 0 Å². The molecule has 1 heterocycles. The molecule has 4 heteroatoms. The van der Waals surface area contributed by atoms with Crippen molar-refractivity contribution < 1.29 is 0 Å². The molecule has 0 bridgehead atoms. The molecule has 2 aromatic rings. The van der Waals surface area contributed by atoms with Crippen LogP contribution in [-0.2, 0) is 6.42 Å². The zero-order valence-corrected chi connectivity index (χ0v) is 9.64. The van der Waals surface area contributed by atoms with Gasteiger partial charge in [0.25, 0.3) is 0 Å². The van der Waals surface area contributed by atoms with Crippen LogP contribution in [0.25, 0.3) is 5.69 Å². The molecule has 84 valence electrons. The van der Waals surface area contributed by atoms with Crippen molar-refractivity contribution in [3.05, 3.63) is 41.5 Å². The summed E-state index contributed by atoms with van der Waals surface area (Å²) < 4.78 is 1.81. The van der Waals surface area contributed by atoms with Gasteiger partial charge in [0, 0.05) is 6.42 Å². The Balaban J connectivity index is 2.38. The van der Waals surface area contributed by atoms with E-state index in [4.69, 9.17) is 5.73 Å². The fourth-order valence-corrected chi connectivity index (χ4v) is 1.62. The largest absolute Gasteiger partial charge is 0.330 e. The highest BCUT2D eigenvalue weighted by Crippen LogP contribution is 2.14. The fourth-order valence-electron chi connectivity index (χ4n) is 1.62. The summed E-state index contributed by atoms with van der Waals surface area (Å²) in [5.41, 5.74) is 8.96. The van der Waals surface area contributed by atoms with Gasteiger partial charge in [-0.15, -0.1) is 0 Å². The van der Waals surface area contributed by atoms with Crippen molar-refractivity contribution in [1.29, 1.82) is 0 Å². The molecule has 0 aliphatic carbocycles. The van der Waals surface area contributed by atoms with E-state index in [9.17, 15) is 0 Å². The molecular formula is C12H16N4. The van der Waals surface area contributed by atoms with Gasteiger partial charge in [-0.05, 0) is 37.6 Å². The first-order valence-electron chi connectivity index (χ1n) is 5.39. The van der Waals surface area contributed by atoms with Crippen LogP contribution in [0.4, 0.5) is 0 Å². The monoisotopic (exact) mass is 216 g/mol. The van der Waals surface area contributed by atoms with Crippen LogP contribution in [-0.4, -0.2) is 21.3 Å². The zero-order chi connectivity index (χ0) is 11.5. The predicted molar refractivity (Wildman–Crippen MR) is 63.6 cm³/mol. The molecule has 0 amide bonds. The minimum Gasteiger partial charge on any atom is -0.330 e. The Morgan fingerprint density at radius 1 is 1.31 bits per heavy atom. The van der Waals surface area contributed by atoms with Crippen molar-refractivity contribution in [3.8, 4) is 5.69 Å². The molecule has 0 aliphatic heterocycles. The molecule has 0 radical (unpaired) electrons. The highest BCUT2D eigenvalue weighted by molar-refractivity contribution is 5.41. The van der Waals surface area contributed by atoms with Crippen molar-refractivity contribution in [2.75, 3.05) is 6.54 Å². The van der Waals surface area contributed by atoms with E-state index in [1.807, 2.05) is 4.68 Å². The molecule has 0 spiro atoms. The van der Waals surface area contributed by atoms with E-state index in [2.05, 4.69) is 42.1 Å². The highest BCUT2D eigenvalue weighted by Gasteiger charge is 2.04. The molecule has 0 fully saturated rings. The second kappa shape index (κ2) is 4.45. The Hall–Kier alpha value is -1.68. The summed E-state index contributed by atoms with van der Waals surface area (Å²) in [6, 6.07) is 6.29. The molecule has 2 N–H and O–H groups in total. The Bertz CT molecular complexity index is 488. The lowest BCUT2D eigenvalue weighted by Gasteiger charge is -2.05. The lowest BCUT2D eigenvalue weighted by atomic mass is 10.1. The standard InChI is InChI=1S/C12H16N4/c1-9-3-4-10(2)11(7-9)16-8-14-12(15-16)5-6-13/h3-4,7-8H,5-6,13H2,1-2H3. The molecule has 0 aliphatic rings. The topological polar surface area (TPSA) is 56.7 Å². The van der Waals surface area contributed by atoms with Gasteiger partial charge in [-0.2, -0.15) is 5.10 Å². The average molecular weight is 216 g/mol. The lowest BCUT2D eigenvalue weighted by Crippen LogP contribution is -2.05. The van der Waals surface area contributed by atoms with Crippen molar-refractivity contribution >= 4 is 0 Å². The number of rotatable bonds is 3. The van der Waals surface area contributed by atoms with E-state index < -0.39 is 0 Å². The van der Waals surface area contributed by atoms with Gasteiger partial charge < -0.3 is 5.73 Å². The first-order chi connectivity index (χ1) is 7.70. The van der Waals surface area contributed by atoms with Gasteiger partial charge >= 0.3 is 0 Å². The second-order valence-electron chi connectivity index (χ2n) is 3.93. The normalized spacial score (nSPS) is 10.7. The summed E-state index contributed by atoms with van der Waals surface area (Å²) in [6.45, 7) is 4.72. The third-order valence-corrected chi connectivity index (χ3v) is 2.52. The summed E-state index contributed by atoms with van der Waals surface area (Å²) in [5.74, 6) is 0.795. The summed E-state index contributed by atoms with van der Waals surface area (Å²) in [5, 5.41) is 4.40. The Labute approximate surface area is 95.1 Å². The van der Waals surface area contributed by atoms with Crippen molar-refractivity contribution in [3.63, 3.8) is 0 Å². The number of aromatic nitrogens is 3. The molecule has 0 saturated carbocycles. The quantitative estimate of drug-likeness (QED) is 0.843. The Morgan fingerprint density at radius 3 is 2.88 bits per heavy atom. The Morgan fingerprint density at radius 2 is 2.12 bits per heavy atom. The van der Waals surface area contributed by atoms with Crippen LogP contribution in [0.1, 0.15) is 17.0 Å². The van der Waals surface area contributed by atoms with Gasteiger partial charge in [0.2, 0.25) is 0 Å². The molecule has 16 heavy (non-hydrogen) atoms. The summed E-state index contributed by atoms with van der Waals surface area (Å²) in [7, 11) is 0. The van der Waals surface area contributed by atoms with E-state index in [0.717, 1.165) is 17.9 Å². The van der Waals surface area contributed by atoms with Crippen LogP contribution in [0.2, 0.25) is 0 Å². The van der Waals surface area contributed by atoms with Crippen molar-refractivity contribution in [1.82, 2.24) is 14.8 Å². The third kappa shape index (κ3) is 2.12. The number of benzene rings is 1. The maximum Gasteiger partial charge on any atom is 0.152 e. The first kappa shape index (κ1) is 10.8. The lowest BCUT2D eigenvalue weighted by molar-refractivity contribution is 0.812. The van der Waals surface area contributed by atoms with E-state index in [0.29, 0.717) is 6.54 Å². The number of nitrogens with zero attached hydrogens (tertiary/aromatic N) is 3. The van der Waals surface area contributed by atoms with Gasteiger partial charge in [-0.25, -0.2) is 9.67 Å². The van der Waals surface area contributed by atoms with Crippen LogP contribution in [0, 0.1) is 13.8 Å². The second-order valence-corrected chi connectivity index (χ2v) is 3.93. The number of hydrogen-bond donors (Lipinski definition) is 1. The van der Waals surface area contributed by atoms with Crippen molar-refractivity contribution in [2.45, 2.75) is 20.3 Å². The summed E-state index contributed by atoms with van der Waals surface area (Å²) >= 11 is 0. The maximum atomic E-state index is 5.47. The van der Waals surface area contributed by atoms with Crippen molar-refractivity contribution in [2.24, 2.45) is 5.73 Å². The Kier molecular flexibility index (Phi) is 3.01. The van der Waals surface area contributed by atoms with Gasteiger partial charge in [-0.3, -0.25) is 0 Å². The predicted octanol–water partition coefficient (Wildman–Crippen LogP) is 1.39. The van der Waals surface area contributed by atoms with E-state index in [1.54, 1.807) is 6.33 Å². The van der Waals surface area contributed by atoms with Crippen LogP contribution in [0.15, 0.2) is 24.5 Å². The van der Waals surface area contributed by atoms with Crippen LogP contribution in [0.3, 0.4) is 0 Å². The minimum atomic E-state index is 0.580. The summed E-state index contributed by atoms with van der Waals surface area (Å²) in [6.07, 6.45) is 2.46. The first-order valence-corrected chi connectivity index (χ1v) is 5.39. The minimum absolute atomic E-state index is 0.580. The average Bonchev–Trinajstić information content (AvgIpc) is 2.71. The van der Waals surface area contributed by atoms with Crippen LogP contribution in [0.5, 0.6) is 0 Å². The SMILES string of the molecule is Cc1ccc(C)c(-n2cnc(CCN)n2)c1. The maximum absolute atomic E-state index is 5.47. The van der Waals surface area contributed by atoms with Gasteiger partial charge in [0.1, 0.15) is 6.33 Å². The van der Waals surface area contributed by atoms with E-state index in [1.165, 1.54) is 11.1 Å². The number of nitrogens with two attached hydrogens (primary N) is 1. The molecule has 4 nitrogen and oxygen atoms in total. The molecule has 1 aromatic heterocycles. The van der Waals surface area contributed by atoms with Crippen LogP contribution < -0.4 is 5.73 Å². The van der Waals surface area contributed by atoms with Gasteiger partial charge in [-0.1, -0.05) is 12.1 Å². The van der Waals surface area contributed by atoms with Crippen LogP contribution >= 0.6 is 0 Å². The van der Waals surface area contributed by atoms with E-state index in [-0.39, 0.29) is 0 Å². The number of aryl methyl sites for hydroxylation is 2. The fraction of sp³-hybridized carbons (Fsp3) is 0.333. The summed E-state index contributed by atoms with van der Waals surface area (Å²) in [4.78, 5) is 4.22. The molecule has 0 atom stereocenters. The molecule has 1 aromatic carbocycles. The molecular weight excluding hydrogens is 200 g/mol.